The number of esters is 1. The van der Waals surface area contributed by atoms with Gasteiger partial charge in [-0.3, -0.25) is 14.4 Å². The normalized spacial score (nSPS) is 14.1. The van der Waals surface area contributed by atoms with Crippen LogP contribution in [0.5, 0.6) is 0 Å². The standard InChI is InChI=1S/C23H25NO5/c1-4-23(2,3)22(28)29-13-15(25)12-24-14-9-10-18-19(11-14)21(27)17-8-6-5-7-16(17)20(18)26/h5-11,15,24-25H,4,12-13H2,1-3H3. The molecule has 1 atom stereocenters. The molecule has 0 saturated heterocycles. The van der Waals surface area contributed by atoms with Crippen molar-refractivity contribution in [1.29, 1.82) is 0 Å². The fourth-order valence-electron chi connectivity index (χ4n) is 3.02. The van der Waals surface area contributed by atoms with Gasteiger partial charge < -0.3 is 15.2 Å². The first-order valence-corrected chi connectivity index (χ1v) is 9.66. The number of fused-ring (bicyclic) bond motifs is 2. The fourth-order valence-corrected chi connectivity index (χ4v) is 3.02. The molecule has 0 saturated carbocycles. The highest BCUT2D eigenvalue weighted by atomic mass is 16.5. The summed E-state index contributed by atoms with van der Waals surface area (Å²) in [6.07, 6.45) is -0.258. The average Bonchev–Trinajstić information content (AvgIpc) is 2.74. The number of hydrogen-bond donors (Lipinski definition) is 2. The van der Waals surface area contributed by atoms with Crippen LogP contribution in [-0.2, 0) is 9.53 Å². The first-order chi connectivity index (χ1) is 13.7. The predicted octanol–water partition coefficient (Wildman–Crippen LogP) is 3.21. The Morgan fingerprint density at radius 1 is 1.03 bits per heavy atom. The van der Waals surface area contributed by atoms with Gasteiger partial charge in [-0.1, -0.05) is 31.2 Å². The number of carbonyl (C=O) groups excluding carboxylic acids is 3. The molecule has 1 aliphatic rings. The summed E-state index contributed by atoms with van der Waals surface area (Å²) in [4.78, 5) is 37.4. The van der Waals surface area contributed by atoms with Crippen LogP contribution in [0.4, 0.5) is 5.69 Å². The molecule has 3 rings (SSSR count). The molecular weight excluding hydrogens is 370 g/mol. The Balaban J connectivity index is 1.64. The number of carbonyl (C=O) groups is 3. The van der Waals surface area contributed by atoms with Crippen molar-refractivity contribution in [3.63, 3.8) is 0 Å². The maximum atomic E-state index is 12.8. The monoisotopic (exact) mass is 395 g/mol. The molecule has 0 aliphatic heterocycles. The molecule has 0 spiro atoms. The summed E-state index contributed by atoms with van der Waals surface area (Å²) < 4.78 is 5.18. The van der Waals surface area contributed by atoms with E-state index in [0.717, 1.165) is 0 Å². The Morgan fingerprint density at radius 3 is 2.24 bits per heavy atom. The van der Waals surface area contributed by atoms with Crippen molar-refractivity contribution < 1.29 is 24.2 Å². The molecule has 6 nitrogen and oxygen atoms in total. The molecule has 0 amide bonds. The zero-order chi connectivity index (χ0) is 21.2. The van der Waals surface area contributed by atoms with Gasteiger partial charge in [0.15, 0.2) is 11.6 Å². The number of aliphatic hydroxyl groups excluding tert-OH is 1. The summed E-state index contributed by atoms with van der Waals surface area (Å²) in [6, 6.07) is 11.7. The van der Waals surface area contributed by atoms with Gasteiger partial charge in [-0.25, -0.2) is 0 Å². The quantitative estimate of drug-likeness (QED) is 0.597. The summed E-state index contributed by atoms with van der Waals surface area (Å²) in [5.41, 5.74) is 1.53. The van der Waals surface area contributed by atoms with Gasteiger partial charge in [0.1, 0.15) is 12.7 Å². The highest BCUT2D eigenvalue weighted by Gasteiger charge is 2.30. The topological polar surface area (TPSA) is 92.7 Å². The van der Waals surface area contributed by atoms with E-state index in [1.54, 1.807) is 56.3 Å². The van der Waals surface area contributed by atoms with Crippen LogP contribution in [0.25, 0.3) is 0 Å². The second-order valence-electron chi connectivity index (χ2n) is 7.83. The van der Waals surface area contributed by atoms with Gasteiger partial charge in [0, 0.05) is 34.5 Å². The summed E-state index contributed by atoms with van der Waals surface area (Å²) in [5, 5.41) is 13.1. The van der Waals surface area contributed by atoms with Gasteiger partial charge >= 0.3 is 5.97 Å². The Bertz CT molecular complexity index is 963. The van der Waals surface area contributed by atoms with Crippen LogP contribution in [-0.4, -0.2) is 41.9 Å². The highest BCUT2D eigenvalue weighted by Crippen LogP contribution is 2.29. The molecule has 29 heavy (non-hydrogen) atoms. The summed E-state index contributed by atoms with van der Waals surface area (Å²) in [7, 11) is 0. The number of hydrogen-bond acceptors (Lipinski definition) is 6. The van der Waals surface area contributed by atoms with Crippen LogP contribution in [0, 0.1) is 5.41 Å². The van der Waals surface area contributed by atoms with Gasteiger partial charge in [0.05, 0.1) is 5.41 Å². The van der Waals surface area contributed by atoms with Crippen molar-refractivity contribution in [3.8, 4) is 0 Å². The van der Waals surface area contributed by atoms with Crippen LogP contribution in [0.1, 0.15) is 59.0 Å². The van der Waals surface area contributed by atoms with E-state index in [1.807, 2.05) is 6.92 Å². The summed E-state index contributed by atoms with van der Waals surface area (Å²) in [6.45, 7) is 5.51. The number of aliphatic hydroxyl groups is 1. The Morgan fingerprint density at radius 2 is 1.62 bits per heavy atom. The predicted molar refractivity (Wildman–Crippen MR) is 109 cm³/mol. The van der Waals surface area contributed by atoms with Gasteiger partial charge in [-0.2, -0.15) is 0 Å². The molecule has 152 valence electrons. The molecule has 0 fully saturated rings. The molecule has 0 heterocycles. The maximum Gasteiger partial charge on any atom is 0.311 e. The van der Waals surface area contributed by atoms with E-state index < -0.39 is 11.5 Å². The lowest BCUT2D eigenvalue weighted by Crippen LogP contribution is -2.31. The molecule has 0 radical (unpaired) electrons. The third-order valence-corrected chi connectivity index (χ3v) is 5.31. The molecule has 6 heteroatoms. The minimum absolute atomic E-state index is 0.120. The smallest absolute Gasteiger partial charge is 0.311 e. The second kappa shape index (κ2) is 8.17. The third kappa shape index (κ3) is 4.22. The lowest BCUT2D eigenvalue weighted by Gasteiger charge is -2.22. The zero-order valence-electron chi connectivity index (χ0n) is 16.8. The van der Waals surface area contributed by atoms with Crippen LogP contribution in [0.2, 0.25) is 0 Å². The van der Waals surface area contributed by atoms with E-state index in [4.69, 9.17) is 4.74 Å². The van der Waals surface area contributed by atoms with Gasteiger partial charge in [0.25, 0.3) is 0 Å². The number of anilines is 1. The molecule has 2 aromatic carbocycles. The van der Waals surface area contributed by atoms with Crippen molar-refractivity contribution >= 4 is 23.2 Å². The van der Waals surface area contributed by atoms with E-state index >= 15 is 0 Å². The molecule has 2 aromatic rings. The van der Waals surface area contributed by atoms with Crippen molar-refractivity contribution in [3.05, 3.63) is 64.7 Å². The largest absolute Gasteiger partial charge is 0.462 e. The number of benzene rings is 2. The third-order valence-electron chi connectivity index (χ3n) is 5.31. The molecule has 1 unspecified atom stereocenters. The van der Waals surface area contributed by atoms with E-state index in [1.165, 1.54) is 0 Å². The Labute approximate surface area is 169 Å². The summed E-state index contributed by atoms with van der Waals surface area (Å²) >= 11 is 0. The van der Waals surface area contributed by atoms with Crippen molar-refractivity contribution in [2.24, 2.45) is 5.41 Å². The van der Waals surface area contributed by atoms with Crippen molar-refractivity contribution in [2.75, 3.05) is 18.5 Å². The number of rotatable bonds is 7. The van der Waals surface area contributed by atoms with Crippen LogP contribution < -0.4 is 5.32 Å². The van der Waals surface area contributed by atoms with Crippen LogP contribution >= 0.6 is 0 Å². The van der Waals surface area contributed by atoms with Crippen LogP contribution in [0.15, 0.2) is 42.5 Å². The number of nitrogens with one attached hydrogen (secondary N) is 1. The Kier molecular flexibility index (Phi) is 5.84. The molecule has 0 bridgehead atoms. The van der Waals surface area contributed by atoms with Gasteiger partial charge in [0.2, 0.25) is 0 Å². The first kappa shape index (κ1) is 20.7. The number of ether oxygens (including phenoxy) is 1. The van der Waals surface area contributed by atoms with E-state index in [2.05, 4.69) is 5.32 Å². The molecule has 1 aliphatic carbocycles. The minimum atomic E-state index is -0.902. The lowest BCUT2D eigenvalue weighted by atomic mass is 9.84. The van der Waals surface area contributed by atoms with Crippen molar-refractivity contribution in [1.82, 2.24) is 0 Å². The maximum absolute atomic E-state index is 12.8. The first-order valence-electron chi connectivity index (χ1n) is 9.66. The van der Waals surface area contributed by atoms with Gasteiger partial charge in [-0.05, 0) is 38.5 Å². The molecule has 2 N–H and O–H groups in total. The van der Waals surface area contributed by atoms with Crippen molar-refractivity contribution in [2.45, 2.75) is 33.3 Å². The summed E-state index contributed by atoms with van der Waals surface area (Å²) in [5.74, 6) is -0.724. The zero-order valence-corrected chi connectivity index (χ0v) is 16.8. The Hall–Kier alpha value is -2.99. The number of ketones is 2. The lowest BCUT2D eigenvalue weighted by molar-refractivity contribution is -0.156. The minimum Gasteiger partial charge on any atom is -0.462 e. The van der Waals surface area contributed by atoms with E-state index in [0.29, 0.717) is 34.4 Å². The fraction of sp³-hybridized carbons (Fsp3) is 0.348. The molecular formula is C23H25NO5. The van der Waals surface area contributed by atoms with Gasteiger partial charge in [-0.15, -0.1) is 0 Å². The SMILES string of the molecule is CCC(C)(C)C(=O)OCC(O)CNc1ccc2c(c1)C(=O)c1ccccc1C2=O. The van der Waals surface area contributed by atoms with E-state index in [-0.39, 0.29) is 30.7 Å². The molecule has 0 aromatic heterocycles. The van der Waals surface area contributed by atoms with Crippen LogP contribution in [0.3, 0.4) is 0 Å². The average molecular weight is 395 g/mol. The van der Waals surface area contributed by atoms with E-state index in [9.17, 15) is 19.5 Å². The highest BCUT2D eigenvalue weighted by molar-refractivity contribution is 6.28. The second-order valence-corrected chi connectivity index (χ2v) is 7.83.